The first-order chi connectivity index (χ1) is 37.1. The first-order valence-corrected chi connectivity index (χ1v) is 29.8. The highest BCUT2D eigenvalue weighted by atomic mass is 16.7. The molecule has 2 rings (SSSR count). The third kappa shape index (κ3) is 32.3. The fraction of sp³-hybridized carbons (Fsp3) is 0.758. The van der Waals surface area contributed by atoms with Gasteiger partial charge in [-0.1, -0.05) is 208 Å². The van der Waals surface area contributed by atoms with Crippen molar-refractivity contribution in [3.63, 3.8) is 0 Å². The lowest BCUT2D eigenvalue weighted by atomic mass is 9.97. The van der Waals surface area contributed by atoms with Crippen molar-refractivity contribution < 1.29 is 64.6 Å². The minimum atomic E-state index is -1.80. The van der Waals surface area contributed by atoms with Crippen LogP contribution in [0, 0.1) is 0 Å². The predicted octanol–water partition coefficient (Wildman–Crippen LogP) is 10.1. The molecule has 9 N–H and O–H groups in total. The molecule has 2 heterocycles. The first kappa shape index (κ1) is 69.3. The van der Waals surface area contributed by atoms with Crippen LogP contribution >= 0.6 is 0 Å². The Morgan fingerprint density at radius 1 is 0.487 bits per heavy atom. The van der Waals surface area contributed by atoms with Gasteiger partial charge in [0.2, 0.25) is 5.91 Å². The van der Waals surface area contributed by atoms with Crippen molar-refractivity contribution in [2.24, 2.45) is 0 Å². The summed E-state index contributed by atoms with van der Waals surface area (Å²) in [6, 6.07) is -0.955. The molecule has 14 heteroatoms. The van der Waals surface area contributed by atoms with E-state index < -0.39 is 86.8 Å². The van der Waals surface area contributed by atoms with E-state index in [0.717, 1.165) is 64.2 Å². The van der Waals surface area contributed by atoms with Crippen molar-refractivity contribution in [1.82, 2.24) is 5.32 Å². The Balaban J connectivity index is 1.81. The fourth-order valence-electron chi connectivity index (χ4n) is 9.27. The van der Waals surface area contributed by atoms with Gasteiger partial charge in [-0.3, -0.25) is 4.79 Å². The number of carbonyl (C=O) groups excluding carboxylic acids is 1. The smallest absolute Gasteiger partial charge is 0.220 e. The van der Waals surface area contributed by atoms with Crippen molar-refractivity contribution >= 4 is 5.91 Å². The van der Waals surface area contributed by atoms with E-state index >= 15 is 0 Å². The van der Waals surface area contributed by atoms with E-state index in [1.165, 1.54) is 109 Å². The van der Waals surface area contributed by atoms with Crippen molar-refractivity contribution in [2.45, 2.75) is 280 Å². The van der Waals surface area contributed by atoms with Crippen LogP contribution in [0.15, 0.2) is 85.1 Å². The number of carbonyl (C=O) groups is 1. The highest BCUT2D eigenvalue weighted by molar-refractivity contribution is 5.76. The van der Waals surface area contributed by atoms with Crippen LogP contribution in [0.5, 0.6) is 0 Å². The Bertz CT molecular complexity index is 1600. The van der Waals surface area contributed by atoms with E-state index in [2.05, 4.69) is 92.1 Å². The minimum absolute atomic E-state index is 0.230. The van der Waals surface area contributed by atoms with Crippen LogP contribution < -0.4 is 5.32 Å². The minimum Gasteiger partial charge on any atom is -0.394 e. The molecule has 0 aromatic rings. The number of hydrogen-bond donors (Lipinski definition) is 9. The molecule has 12 unspecified atom stereocenters. The number of ether oxygens (including phenoxy) is 4. The van der Waals surface area contributed by atoms with Gasteiger partial charge in [0, 0.05) is 6.42 Å². The molecule has 0 aromatic heterocycles. The van der Waals surface area contributed by atoms with Crippen molar-refractivity contribution in [1.29, 1.82) is 0 Å². The van der Waals surface area contributed by atoms with Crippen LogP contribution in [-0.4, -0.2) is 140 Å². The van der Waals surface area contributed by atoms with Gasteiger partial charge in [0.25, 0.3) is 0 Å². The van der Waals surface area contributed by atoms with Gasteiger partial charge in [-0.25, -0.2) is 0 Å². The monoisotopic (exact) mass is 1070 g/mol. The second kappa shape index (κ2) is 47.0. The summed E-state index contributed by atoms with van der Waals surface area (Å²) >= 11 is 0. The zero-order valence-electron chi connectivity index (χ0n) is 47.0. The van der Waals surface area contributed by atoms with Gasteiger partial charge in [-0.15, -0.1) is 0 Å². The van der Waals surface area contributed by atoms with Gasteiger partial charge >= 0.3 is 0 Å². The molecule has 14 nitrogen and oxygen atoms in total. The number of amides is 1. The molecule has 2 saturated heterocycles. The first-order valence-electron chi connectivity index (χ1n) is 29.8. The maximum Gasteiger partial charge on any atom is 0.220 e. The molecule has 2 fully saturated rings. The van der Waals surface area contributed by atoms with Crippen LogP contribution in [0.1, 0.15) is 206 Å². The molecular weight excluding hydrogens is 967 g/mol. The quantitative estimate of drug-likeness (QED) is 0.0205. The number of unbranched alkanes of at least 4 members (excludes halogenated alkanes) is 21. The summed E-state index contributed by atoms with van der Waals surface area (Å²) in [6.45, 7) is 2.64. The van der Waals surface area contributed by atoms with Crippen molar-refractivity contribution in [3.05, 3.63) is 85.1 Å². The second-order valence-electron chi connectivity index (χ2n) is 20.7. The fourth-order valence-corrected chi connectivity index (χ4v) is 9.27. The zero-order chi connectivity index (χ0) is 55.3. The Morgan fingerprint density at radius 3 is 1.45 bits per heavy atom. The van der Waals surface area contributed by atoms with Gasteiger partial charge in [0.15, 0.2) is 12.6 Å². The SMILES string of the molecule is CC/C=C\C/C=C\C/C=C\C/C=C\C/C=C\CCCCCC(=O)NC(COC1OC(CO)C(OC2OC(CO)C(O)C(O)C2O)C(O)C1O)C(O)/C=C/CC/C=C/CCCCCCCCCCCCCCCCCCC. The summed E-state index contributed by atoms with van der Waals surface area (Å²) in [5.41, 5.74) is 0. The topological polar surface area (TPSA) is 228 Å². The summed E-state index contributed by atoms with van der Waals surface area (Å²) < 4.78 is 22.7. The summed E-state index contributed by atoms with van der Waals surface area (Å²) in [6.07, 6.45) is 46.2. The third-order valence-corrected chi connectivity index (χ3v) is 14.1. The van der Waals surface area contributed by atoms with Gasteiger partial charge in [-0.2, -0.15) is 0 Å². The van der Waals surface area contributed by atoms with Gasteiger partial charge in [0.1, 0.15) is 48.8 Å². The molecule has 0 saturated carbocycles. The van der Waals surface area contributed by atoms with Crippen LogP contribution in [-0.2, 0) is 23.7 Å². The molecular formula is C62H107NO13. The number of nitrogens with one attached hydrogen (secondary N) is 1. The number of aliphatic hydroxyl groups is 8. The van der Waals surface area contributed by atoms with Crippen LogP contribution in [0.3, 0.4) is 0 Å². The van der Waals surface area contributed by atoms with E-state index in [1.54, 1.807) is 6.08 Å². The molecule has 2 aliphatic rings. The van der Waals surface area contributed by atoms with E-state index in [0.29, 0.717) is 12.8 Å². The molecule has 0 aromatic carbocycles. The molecule has 1 amide bonds. The largest absolute Gasteiger partial charge is 0.394 e. The highest BCUT2D eigenvalue weighted by Gasteiger charge is 2.51. The third-order valence-electron chi connectivity index (χ3n) is 14.1. The van der Waals surface area contributed by atoms with Crippen LogP contribution in [0.25, 0.3) is 0 Å². The zero-order valence-corrected chi connectivity index (χ0v) is 47.0. The predicted molar refractivity (Wildman–Crippen MR) is 304 cm³/mol. The molecule has 0 spiro atoms. The summed E-state index contributed by atoms with van der Waals surface area (Å²) in [5, 5.41) is 87.1. The van der Waals surface area contributed by atoms with E-state index in [-0.39, 0.29) is 18.9 Å². The number of aliphatic hydroxyl groups excluding tert-OH is 8. The van der Waals surface area contributed by atoms with Crippen molar-refractivity contribution in [3.8, 4) is 0 Å². The van der Waals surface area contributed by atoms with E-state index in [1.807, 2.05) is 6.08 Å². The Kier molecular flexibility index (Phi) is 42.9. The van der Waals surface area contributed by atoms with Gasteiger partial charge in [-0.05, 0) is 77.0 Å². The molecule has 12 atom stereocenters. The summed E-state index contributed by atoms with van der Waals surface area (Å²) in [5.74, 6) is -0.283. The highest BCUT2D eigenvalue weighted by Crippen LogP contribution is 2.30. The summed E-state index contributed by atoms with van der Waals surface area (Å²) in [4.78, 5) is 13.2. The van der Waals surface area contributed by atoms with Crippen LogP contribution in [0.2, 0.25) is 0 Å². The molecule has 438 valence electrons. The number of rotatable bonds is 46. The molecule has 0 bridgehead atoms. The Labute approximate surface area is 459 Å². The normalized spacial score (nSPS) is 25.5. The van der Waals surface area contributed by atoms with Gasteiger partial charge < -0.3 is 65.1 Å². The standard InChI is InChI=1S/C62H107NO13/c1-3-5-7-9-11-13-15-17-19-21-23-24-25-26-28-29-31-33-35-37-39-41-43-45-51(66)50(63-54(67)46-44-42-40-38-36-34-32-30-27-22-20-18-16-14-12-10-8-6-4-2)49-73-61-59(72)57(70)60(53(48-65)75-61)76-62-58(71)56(69)55(68)52(47-64)74-62/h6,8,12,14,18,20,27,30,34-37,43,45,50-53,55-62,64-66,68-72H,3-5,7,9-11,13,15-17,19,21-26,28-29,31-33,38-42,44,46-49H2,1-2H3,(H,63,67)/b8-6-,14-12-,20-18-,30-27-,36-34-,37-35+,45-43+. The van der Waals surface area contributed by atoms with E-state index in [9.17, 15) is 45.6 Å². The van der Waals surface area contributed by atoms with Crippen molar-refractivity contribution in [2.75, 3.05) is 19.8 Å². The van der Waals surface area contributed by atoms with Crippen LogP contribution in [0.4, 0.5) is 0 Å². The summed E-state index contributed by atoms with van der Waals surface area (Å²) in [7, 11) is 0. The molecule has 2 aliphatic heterocycles. The lowest BCUT2D eigenvalue weighted by Crippen LogP contribution is -2.65. The van der Waals surface area contributed by atoms with E-state index in [4.69, 9.17) is 18.9 Å². The average Bonchev–Trinajstić information content (AvgIpc) is 3.42. The molecule has 0 radical (unpaired) electrons. The molecule has 76 heavy (non-hydrogen) atoms. The lowest BCUT2D eigenvalue weighted by Gasteiger charge is -2.46. The maximum absolute atomic E-state index is 13.2. The maximum atomic E-state index is 13.2. The lowest BCUT2D eigenvalue weighted by molar-refractivity contribution is -0.359. The average molecular weight is 1070 g/mol. The van der Waals surface area contributed by atoms with Gasteiger partial charge in [0.05, 0.1) is 32.0 Å². The Hall–Kier alpha value is -2.83. The number of hydrogen-bond acceptors (Lipinski definition) is 13. The number of allylic oxidation sites excluding steroid dienone is 13. The second-order valence-corrected chi connectivity index (χ2v) is 20.7. The molecule has 0 aliphatic carbocycles. The Morgan fingerprint density at radius 2 is 0.921 bits per heavy atom.